The summed E-state index contributed by atoms with van der Waals surface area (Å²) in [6, 6.07) is 80.8. The van der Waals surface area contributed by atoms with Crippen molar-refractivity contribution in [1.82, 2.24) is 0 Å². The Kier molecular flexibility index (Phi) is 8.19. The maximum absolute atomic E-state index is 6.29. The van der Waals surface area contributed by atoms with Crippen LogP contribution in [0.15, 0.2) is 229 Å². The van der Waals surface area contributed by atoms with E-state index < -0.39 is 0 Å². The lowest BCUT2D eigenvalue weighted by Gasteiger charge is -2.28. The van der Waals surface area contributed by atoms with Crippen LogP contribution in [0.3, 0.4) is 0 Å². The molecule has 0 aliphatic rings. The van der Waals surface area contributed by atoms with Gasteiger partial charge in [0.1, 0.15) is 11.3 Å². The molecule has 272 valence electrons. The number of fused-ring (bicyclic) bond motifs is 5. The Balaban J connectivity index is 1.06. The molecule has 0 atom stereocenters. The number of hydrogen-bond donors (Lipinski definition) is 0. The van der Waals surface area contributed by atoms with Crippen molar-refractivity contribution < 1.29 is 4.42 Å². The van der Waals surface area contributed by atoms with Gasteiger partial charge in [0.25, 0.3) is 0 Å². The second kappa shape index (κ2) is 14.1. The average molecular weight is 740 g/mol. The van der Waals surface area contributed by atoms with Gasteiger partial charge in [-0.3, -0.25) is 0 Å². The molecule has 11 rings (SSSR count). The highest BCUT2D eigenvalue weighted by Gasteiger charge is 2.19. The van der Waals surface area contributed by atoms with Crippen molar-refractivity contribution in [2.75, 3.05) is 4.90 Å². The molecule has 0 unspecified atom stereocenters. The fraction of sp³-hybridized carbons (Fsp3) is 0. The van der Waals surface area contributed by atoms with Gasteiger partial charge in [0, 0.05) is 27.7 Å². The van der Waals surface area contributed by atoms with Crippen LogP contribution in [0.1, 0.15) is 0 Å². The van der Waals surface area contributed by atoms with Crippen LogP contribution in [-0.4, -0.2) is 0 Å². The van der Waals surface area contributed by atoms with E-state index in [-0.39, 0.29) is 0 Å². The summed E-state index contributed by atoms with van der Waals surface area (Å²) in [5.41, 5.74) is 12.4. The molecule has 0 spiro atoms. The highest BCUT2D eigenvalue weighted by atomic mass is 16.3. The Hall–Kier alpha value is -7.68. The molecule has 0 bridgehead atoms. The molecule has 0 fully saturated rings. The zero-order chi connectivity index (χ0) is 38.4. The summed E-state index contributed by atoms with van der Waals surface area (Å²) in [4.78, 5) is 2.42. The molecule has 0 amide bonds. The fourth-order valence-electron chi connectivity index (χ4n) is 8.66. The van der Waals surface area contributed by atoms with E-state index in [0.29, 0.717) is 0 Å². The first-order valence-corrected chi connectivity index (χ1v) is 19.8. The number of benzene rings is 10. The Morgan fingerprint density at radius 3 is 1.71 bits per heavy atom. The Labute approximate surface area is 337 Å². The Bertz CT molecular complexity index is 3250. The Morgan fingerprint density at radius 2 is 0.897 bits per heavy atom. The molecule has 10 aromatic carbocycles. The zero-order valence-electron chi connectivity index (χ0n) is 31.7. The van der Waals surface area contributed by atoms with Crippen LogP contribution >= 0.6 is 0 Å². The van der Waals surface area contributed by atoms with Crippen LogP contribution in [0.2, 0.25) is 0 Å². The monoisotopic (exact) mass is 739 g/mol. The standard InChI is InChI=1S/C56H37NO/c1-2-13-38(14-3-1)47-20-7-8-21-49(47)40-27-29-45(30-28-40)57(46-31-32-50-42(36-46)26-25-39-15-4-6-19-48(39)50)54-34-33-51(52-22-9-10-23-53(52)54)41-17-12-18-43(35-41)56-37-44-16-5-11-24-55(44)58-56/h1-37H. The number of hydrogen-bond acceptors (Lipinski definition) is 2. The molecule has 11 aromatic rings. The second-order valence-electron chi connectivity index (χ2n) is 14.9. The number of rotatable bonds is 7. The number of para-hydroxylation sites is 1. The highest BCUT2D eigenvalue weighted by molar-refractivity contribution is 6.10. The minimum absolute atomic E-state index is 0.870. The van der Waals surface area contributed by atoms with Gasteiger partial charge in [0.15, 0.2) is 0 Å². The predicted octanol–water partition coefficient (Wildman–Crippen LogP) is 16.0. The maximum Gasteiger partial charge on any atom is 0.135 e. The maximum atomic E-state index is 6.29. The Morgan fingerprint density at radius 1 is 0.293 bits per heavy atom. The van der Waals surface area contributed by atoms with Gasteiger partial charge in [-0.2, -0.15) is 0 Å². The van der Waals surface area contributed by atoms with Crippen LogP contribution in [0.4, 0.5) is 17.1 Å². The van der Waals surface area contributed by atoms with E-state index in [0.717, 1.165) is 44.9 Å². The first-order valence-electron chi connectivity index (χ1n) is 19.8. The summed E-state index contributed by atoms with van der Waals surface area (Å²) in [6.45, 7) is 0. The largest absolute Gasteiger partial charge is 0.456 e. The molecule has 2 heteroatoms. The number of anilines is 3. The van der Waals surface area contributed by atoms with E-state index in [9.17, 15) is 0 Å². The molecule has 0 saturated heterocycles. The normalized spacial score (nSPS) is 11.4. The van der Waals surface area contributed by atoms with Gasteiger partial charge in [0.05, 0.1) is 5.69 Å². The van der Waals surface area contributed by atoms with Crippen molar-refractivity contribution >= 4 is 60.3 Å². The van der Waals surface area contributed by atoms with Gasteiger partial charge in [-0.1, -0.05) is 176 Å². The molecular weight excluding hydrogens is 703 g/mol. The molecule has 0 aliphatic carbocycles. The lowest BCUT2D eigenvalue weighted by atomic mass is 9.94. The van der Waals surface area contributed by atoms with Gasteiger partial charge in [0.2, 0.25) is 0 Å². The van der Waals surface area contributed by atoms with Crippen molar-refractivity contribution in [3.05, 3.63) is 224 Å². The third kappa shape index (κ3) is 5.91. The van der Waals surface area contributed by atoms with Crippen LogP contribution in [0.5, 0.6) is 0 Å². The third-order valence-corrected chi connectivity index (χ3v) is 11.5. The summed E-state index contributed by atoms with van der Waals surface area (Å²) in [7, 11) is 0. The van der Waals surface area contributed by atoms with E-state index in [1.54, 1.807) is 0 Å². The summed E-state index contributed by atoms with van der Waals surface area (Å²) in [5, 5.41) is 8.43. The van der Waals surface area contributed by atoms with Crippen LogP contribution in [0.25, 0.3) is 88.0 Å². The van der Waals surface area contributed by atoms with Crippen molar-refractivity contribution in [3.63, 3.8) is 0 Å². The summed E-state index contributed by atoms with van der Waals surface area (Å²) < 4.78 is 6.29. The summed E-state index contributed by atoms with van der Waals surface area (Å²) in [5.74, 6) is 0.870. The minimum atomic E-state index is 0.870. The average Bonchev–Trinajstić information content (AvgIpc) is 3.74. The fourth-order valence-corrected chi connectivity index (χ4v) is 8.66. The van der Waals surface area contributed by atoms with Crippen LogP contribution < -0.4 is 4.90 Å². The molecular formula is C56H37NO. The molecule has 1 aromatic heterocycles. The lowest BCUT2D eigenvalue weighted by molar-refractivity contribution is 0.631. The van der Waals surface area contributed by atoms with Crippen molar-refractivity contribution in [3.8, 4) is 44.7 Å². The molecule has 2 nitrogen and oxygen atoms in total. The van der Waals surface area contributed by atoms with Crippen LogP contribution in [-0.2, 0) is 0 Å². The summed E-state index contributed by atoms with van der Waals surface area (Å²) in [6.07, 6.45) is 0. The van der Waals surface area contributed by atoms with E-state index in [1.165, 1.54) is 60.1 Å². The van der Waals surface area contributed by atoms with Gasteiger partial charge in [-0.15, -0.1) is 0 Å². The first kappa shape index (κ1) is 33.6. The summed E-state index contributed by atoms with van der Waals surface area (Å²) >= 11 is 0. The van der Waals surface area contributed by atoms with E-state index in [1.807, 2.05) is 18.2 Å². The molecule has 0 aliphatic heterocycles. The molecule has 0 radical (unpaired) electrons. The molecule has 58 heavy (non-hydrogen) atoms. The van der Waals surface area contributed by atoms with Gasteiger partial charge in [-0.05, 0) is 109 Å². The van der Waals surface area contributed by atoms with E-state index in [4.69, 9.17) is 4.42 Å². The van der Waals surface area contributed by atoms with Gasteiger partial charge in [-0.25, -0.2) is 0 Å². The molecule has 0 saturated carbocycles. The van der Waals surface area contributed by atoms with Crippen molar-refractivity contribution in [1.29, 1.82) is 0 Å². The first-order chi connectivity index (χ1) is 28.7. The topological polar surface area (TPSA) is 16.4 Å². The smallest absolute Gasteiger partial charge is 0.135 e. The third-order valence-electron chi connectivity index (χ3n) is 11.5. The second-order valence-corrected chi connectivity index (χ2v) is 14.9. The highest BCUT2D eigenvalue weighted by Crippen LogP contribution is 2.44. The zero-order valence-corrected chi connectivity index (χ0v) is 31.7. The lowest BCUT2D eigenvalue weighted by Crippen LogP contribution is -2.10. The van der Waals surface area contributed by atoms with Gasteiger partial charge >= 0.3 is 0 Å². The number of furan rings is 1. The molecule has 0 N–H and O–H groups in total. The SMILES string of the molecule is c1ccc(-c2ccccc2-c2ccc(N(c3ccc4c(ccc5ccccc54)c3)c3ccc(-c4cccc(-c5cc6ccccc6o5)c4)c4ccccc34)cc2)cc1. The van der Waals surface area contributed by atoms with Crippen molar-refractivity contribution in [2.24, 2.45) is 0 Å². The minimum Gasteiger partial charge on any atom is -0.456 e. The predicted molar refractivity (Wildman–Crippen MR) is 245 cm³/mol. The number of nitrogens with zero attached hydrogens (tertiary/aromatic N) is 1. The van der Waals surface area contributed by atoms with Crippen LogP contribution in [0, 0.1) is 0 Å². The van der Waals surface area contributed by atoms with E-state index >= 15 is 0 Å². The van der Waals surface area contributed by atoms with Gasteiger partial charge < -0.3 is 9.32 Å². The molecule has 1 heterocycles. The van der Waals surface area contributed by atoms with E-state index in [2.05, 4.69) is 211 Å². The quantitative estimate of drug-likeness (QED) is 0.151. The van der Waals surface area contributed by atoms with Crippen molar-refractivity contribution in [2.45, 2.75) is 0 Å².